The van der Waals surface area contributed by atoms with Crippen LogP contribution < -0.4 is 5.32 Å². The SMILES string of the molecule is CCN1C(C(=O)Nc2cccc(C(F)(F)F)n2)=CC(C2CCC(OC)CC2)=NS1(=O)=O. The summed E-state index contributed by atoms with van der Waals surface area (Å²) in [5, 5.41) is 2.27. The van der Waals surface area contributed by atoms with Crippen LogP contribution in [-0.4, -0.2) is 49.1 Å². The molecule has 170 valence electrons. The number of ether oxygens (including phenoxy) is 1. The smallest absolute Gasteiger partial charge is 0.381 e. The topological polar surface area (TPSA) is 101 Å². The number of rotatable bonds is 5. The zero-order chi connectivity index (χ0) is 22.8. The van der Waals surface area contributed by atoms with Crippen molar-refractivity contribution >= 4 is 27.6 Å². The molecule has 1 aliphatic heterocycles. The number of hydrogen-bond acceptors (Lipinski definition) is 5. The first-order valence-electron chi connectivity index (χ1n) is 9.77. The second-order valence-corrected chi connectivity index (χ2v) is 8.78. The summed E-state index contributed by atoms with van der Waals surface area (Å²) in [4.78, 5) is 16.2. The number of nitrogens with one attached hydrogen (secondary N) is 1. The van der Waals surface area contributed by atoms with E-state index in [1.54, 1.807) is 7.11 Å². The van der Waals surface area contributed by atoms with Gasteiger partial charge in [0.05, 0.1) is 11.8 Å². The van der Waals surface area contributed by atoms with E-state index in [-0.39, 0.29) is 35.8 Å². The minimum absolute atomic E-state index is 0.0647. The lowest BCUT2D eigenvalue weighted by molar-refractivity contribution is -0.141. The Morgan fingerprint density at radius 3 is 2.52 bits per heavy atom. The lowest BCUT2D eigenvalue weighted by Crippen LogP contribution is -2.39. The minimum Gasteiger partial charge on any atom is -0.381 e. The number of amides is 1. The number of likely N-dealkylation sites (N-methyl/N-ethyl adjacent to an activating group) is 1. The van der Waals surface area contributed by atoms with Crippen molar-refractivity contribution in [3.05, 3.63) is 35.7 Å². The van der Waals surface area contributed by atoms with Crippen LogP contribution in [0.5, 0.6) is 0 Å². The van der Waals surface area contributed by atoms with Crippen LogP contribution in [0.1, 0.15) is 38.3 Å². The largest absolute Gasteiger partial charge is 0.433 e. The summed E-state index contributed by atoms with van der Waals surface area (Å²) in [6, 6.07) is 3.08. The van der Waals surface area contributed by atoms with E-state index < -0.39 is 28.0 Å². The van der Waals surface area contributed by atoms with Crippen molar-refractivity contribution in [1.29, 1.82) is 0 Å². The van der Waals surface area contributed by atoms with Gasteiger partial charge in [0.25, 0.3) is 5.91 Å². The average molecular weight is 460 g/mol. The molecule has 8 nitrogen and oxygen atoms in total. The number of aromatic nitrogens is 1. The zero-order valence-electron chi connectivity index (χ0n) is 17.0. The first-order chi connectivity index (χ1) is 14.5. The van der Waals surface area contributed by atoms with Gasteiger partial charge in [-0.1, -0.05) is 6.07 Å². The number of halogens is 3. The Morgan fingerprint density at radius 2 is 1.94 bits per heavy atom. The van der Waals surface area contributed by atoms with Gasteiger partial charge in [0, 0.05) is 19.6 Å². The van der Waals surface area contributed by atoms with Crippen LogP contribution in [-0.2, 0) is 25.9 Å². The van der Waals surface area contributed by atoms with Crippen molar-refractivity contribution in [2.24, 2.45) is 10.3 Å². The molecule has 2 heterocycles. The van der Waals surface area contributed by atoms with E-state index in [0.29, 0.717) is 12.8 Å². The molecule has 0 saturated heterocycles. The monoisotopic (exact) mass is 460 g/mol. The minimum atomic E-state index is -4.68. The van der Waals surface area contributed by atoms with Gasteiger partial charge in [-0.2, -0.15) is 21.6 Å². The number of carbonyl (C=O) groups is 1. The third kappa shape index (κ3) is 5.24. The van der Waals surface area contributed by atoms with Gasteiger partial charge in [0.2, 0.25) is 0 Å². The Hall–Kier alpha value is -2.47. The summed E-state index contributed by atoms with van der Waals surface area (Å²) >= 11 is 0. The maximum atomic E-state index is 12.9. The van der Waals surface area contributed by atoms with Crippen molar-refractivity contribution in [1.82, 2.24) is 9.29 Å². The fourth-order valence-electron chi connectivity index (χ4n) is 3.69. The van der Waals surface area contributed by atoms with E-state index in [4.69, 9.17) is 4.74 Å². The predicted octanol–water partition coefficient (Wildman–Crippen LogP) is 3.15. The first-order valence-corrected chi connectivity index (χ1v) is 11.2. The lowest BCUT2D eigenvalue weighted by atomic mass is 9.84. The summed E-state index contributed by atoms with van der Waals surface area (Å²) in [5.74, 6) is -1.37. The fraction of sp³-hybridized carbons (Fsp3) is 0.526. The van der Waals surface area contributed by atoms with E-state index in [9.17, 15) is 26.4 Å². The van der Waals surface area contributed by atoms with Crippen molar-refractivity contribution in [3.8, 4) is 0 Å². The van der Waals surface area contributed by atoms with E-state index in [2.05, 4.69) is 14.7 Å². The normalized spacial score (nSPS) is 23.7. The van der Waals surface area contributed by atoms with Gasteiger partial charge in [-0.15, -0.1) is 4.40 Å². The molecular formula is C19H23F3N4O4S. The summed E-state index contributed by atoms with van der Waals surface area (Å²) in [6.07, 6.45) is -0.403. The molecule has 2 aliphatic rings. The Bertz CT molecular complexity index is 1000. The predicted molar refractivity (Wildman–Crippen MR) is 107 cm³/mol. The number of nitrogens with zero attached hydrogens (tertiary/aromatic N) is 3. The highest BCUT2D eigenvalue weighted by atomic mass is 32.2. The van der Waals surface area contributed by atoms with E-state index in [0.717, 1.165) is 29.3 Å². The van der Waals surface area contributed by atoms with Gasteiger partial charge in [-0.05, 0) is 50.8 Å². The molecule has 3 rings (SSSR count). The van der Waals surface area contributed by atoms with Gasteiger partial charge >= 0.3 is 16.4 Å². The molecule has 0 bridgehead atoms. The van der Waals surface area contributed by atoms with Crippen LogP contribution >= 0.6 is 0 Å². The first kappa shape index (κ1) is 23.2. The van der Waals surface area contributed by atoms with Gasteiger partial charge in [-0.25, -0.2) is 9.29 Å². The van der Waals surface area contributed by atoms with Crippen LogP contribution in [0.3, 0.4) is 0 Å². The van der Waals surface area contributed by atoms with Crippen molar-refractivity contribution < 1.29 is 31.1 Å². The molecule has 1 aromatic heterocycles. The molecule has 1 saturated carbocycles. The molecular weight excluding hydrogens is 437 g/mol. The summed E-state index contributed by atoms with van der Waals surface area (Å²) in [6.45, 7) is 1.47. The Kier molecular flexibility index (Phi) is 6.70. The standard InChI is InChI=1S/C19H23F3N4O4S/c1-3-26-15(18(27)24-17-6-4-5-16(23-17)19(20,21)22)11-14(25-31(26,28)29)12-7-9-13(30-2)10-8-12/h4-6,11-13H,3,7-10H2,1-2H3,(H,23,24,27). The molecule has 0 radical (unpaired) electrons. The number of carbonyl (C=O) groups excluding carboxylic acids is 1. The molecule has 1 aromatic rings. The van der Waals surface area contributed by atoms with E-state index in [1.807, 2.05) is 0 Å². The molecule has 1 N–H and O–H groups in total. The van der Waals surface area contributed by atoms with Crippen LogP contribution in [0, 0.1) is 5.92 Å². The lowest BCUT2D eigenvalue weighted by Gasteiger charge is -2.31. The molecule has 1 fully saturated rings. The Labute approximate surface area is 178 Å². The average Bonchev–Trinajstić information content (AvgIpc) is 2.72. The van der Waals surface area contributed by atoms with E-state index >= 15 is 0 Å². The highest BCUT2D eigenvalue weighted by molar-refractivity contribution is 7.88. The third-order valence-electron chi connectivity index (χ3n) is 5.28. The van der Waals surface area contributed by atoms with Gasteiger partial charge in [0.1, 0.15) is 17.2 Å². The molecule has 1 aliphatic carbocycles. The summed E-state index contributed by atoms with van der Waals surface area (Å²) in [7, 11) is -2.53. The van der Waals surface area contributed by atoms with Crippen molar-refractivity contribution in [3.63, 3.8) is 0 Å². The van der Waals surface area contributed by atoms with Crippen molar-refractivity contribution in [2.45, 2.75) is 44.9 Å². The van der Waals surface area contributed by atoms with Gasteiger partial charge < -0.3 is 10.1 Å². The number of hydrogen-bond donors (Lipinski definition) is 1. The molecule has 31 heavy (non-hydrogen) atoms. The number of allylic oxidation sites excluding steroid dienone is 1. The van der Waals surface area contributed by atoms with Crippen LogP contribution in [0.4, 0.5) is 19.0 Å². The zero-order valence-corrected chi connectivity index (χ0v) is 17.8. The Morgan fingerprint density at radius 1 is 1.26 bits per heavy atom. The van der Waals surface area contributed by atoms with Crippen LogP contribution in [0.2, 0.25) is 0 Å². The van der Waals surface area contributed by atoms with Gasteiger partial charge in [-0.3, -0.25) is 4.79 Å². The third-order valence-corrected chi connectivity index (χ3v) is 6.73. The second-order valence-electron chi connectivity index (χ2n) is 7.26. The number of methoxy groups -OCH3 is 1. The highest BCUT2D eigenvalue weighted by Crippen LogP contribution is 2.32. The number of pyridine rings is 1. The van der Waals surface area contributed by atoms with Crippen LogP contribution in [0.15, 0.2) is 34.4 Å². The maximum absolute atomic E-state index is 12.9. The molecule has 12 heteroatoms. The summed E-state index contributed by atoms with van der Waals surface area (Å²) < 4.78 is 74.0. The summed E-state index contributed by atoms with van der Waals surface area (Å²) in [5.41, 5.74) is -1.11. The molecule has 0 aromatic carbocycles. The number of alkyl halides is 3. The van der Waals surface area contributed by atoms with Crippen LogP contribution in [0.25, 0.3) is 0 Å². The fourth-order valence-corrected chi connectivity index (χ4v) is 4.96. The Balaban J connectivity index is 1.87. The highest BCUT2D eigenvalue weighted by Gasteiger charge is 2.36. The van der Waals surface area contributed by atoms with Crippen molar-refractivity contribution in [2.75, 3.05) is 19.0 Å². The van der Waals surface area contributed by atoms with E-state index in [1.165, 1.54) is 19.1 Å². The quantitative estimate of drug-likeness (QED) is 0.728. The molecule has 0 atom stereocenters. The van der Waals surface area contributed by atoms with Gasteiger partial charge in [0.15, 0.2) is 0 Å². The second kappa shape index (κ2) is 8.95. The molecule has 1 amide bonds. The molecule has 0 unspecified atom stereocenters. The maximum Gasteiger partial charge on any atom is 0.433 e. The molecule has 0 spiro atoms. The number of anilines is 1.